The zero-order valence-corrected chi connectivity index (χ0v) is 18.4. The third-order valence-electron chi connectivity index (χ3n) is 6.49. The lowest BCUT2D eigenvalue weighted by Gasteiger charge is -2.45. The first-order chi connectivity index (χ1) is 15.6. The molecule has 3 aliphatic rings. The highest BCUT2D eigenvalue weighted by molar-refractivity contribution is 5.79. The van der Waals surface area contributed by atoms with Gasteiger partial charge in [0.25, 0.3) is 0 Å². The third kappa shape index (κ3) is 6.04. The maximum absolute atomic E-state index is 13.3. The molecule has 3 fully saturated rings. The number of hydrogen-bond acceptors (Lipinski definition) is 7. The molecule has 3 aliphatic heterocycles. The quantitative estimate of drug-likeness (QED) is 0.682. The number of aromatic nitrogens is 1. The maximum atomic E-state index is 13.3. The monoisotopic (exact) mass is 447 g/mol. The van der Waals surface area contributed by atoms with E-state index in [0.29, 0.717) is 45.6 Å². The van der Waals surface area contributed by atoms with Crippen LogP contribution in [0.3, 0.4) is 0 Å². The molecule has 0 bridgehead atoms. The number of amides is 2. The molecule has 9 heteroatoms. The summed E-state index contributed by atoms with van der Waals surface area (Å²) in [6.07, 6.45) is 5.24. The zero-order chi connectivity index (χ0) is 22.3. The number of rotatable bonds is 5. The van der Waals surface area contributed by atoms with Crippen LogP contribution in [0.5, 0.6) is 0 Å². The highest BCUT2D eigenvalue weighted by atomic mass is 16.5. The van der Waals surface area contributed by atoms with Gasteiger partial charge in [0, 0.05) is 44.6 Å². The fourth-order valence-electron chi connectivity index (χ4n) is 4.75. The molecule has 2 amide bonds. The number of pyridine rings is 1. The van der Waals surface area contributed by atoms with E-state index in [-0.39, 0.29) is 55.6 Å². The van der Waals surface area contributed by atoms with Crippen LogP contribution in [0, 0.1) is 5.92 Å². The van der Waals surface area contributed by atoms with Gasteiger partial charge in [0.15, 0.2) is 0 Å². The zero-order valence-electron chi connectivity index (χ0n) is 18.4. The first-order valence-electron chi connectivity index (χ1n) is 11.5. The normalized spacial score (nSPS) is 29.5. The van der Waals surface area contributed by atoms with Crippen molar-refractivity contribution >= 4 is 11.8 Å². The lowest BCUT2D eigenvalue weighted by Crippen LogP contribution is -2.58. The van der Waals surface area contributed by atoms with Crippen molar-refractivity contribution in [1.29, 1.82) is 0 Å². The fourth-order valence-corrected chi connectivity index (χ4v) is 4.75. The first-order valence-corrected chi connectivity index (χ1v) is 11.5. The summed E-state index contributed by atoms with van der Waals surface area (Å²) in [5.41, 5.74) is 0.993. The molecule has 1 aromatic heterocycles. The maximum Gasteiger partial charge on any atom is 0.226 e. The standard InChI is InChI=1S/C23H33N3O6/c27-18-13-26(23(29)17-5-9-30-10-6-17)20-2-1-19(32-21(20)15-31-14-18)11-22(28)25-12-16-3-7-24-8-4-16/h3-4,7-8,17-21,27H,1-2,5-6,9-15H2,(H,25,28)/t18-,19-,20+,21-/m1/s1. The number of nitrogens with zero attached hydrogens (tertiary/aromatic N) is 2. The van der Waals surface area contributed by atoms with E-state index in [9.17, 15) is 14.7 Å². The van der Waals surface area contributed by atoms with Crippen molar-refractivity contribution in [1.82, 2.24) is 15.2 Å². The largest absolute Gasteiger partial charge is 0.389 e. The van der Waals surface area contributed by atoms with Gasteiger partial charge in [0.05, 0.1) is 37.9 Å². The van der Waals surface area contributed by atoms with Crippen LogP contribution in [-0.2, 0) is 30.3 Å². The SMILES string of the molecule is O=C(C[C@H]1CC[C@H]2[C@@H](COC[C@H](O)CN2C(=O)C2CCOCC2)O1)NCc1ccncc1. The summed E-state index contributed by atoms with van der Waals surface area (Å²) in [5.74, 6) is -0.0717. The summed E-state index contributed by atoms with van der Waals surface area (Å²) in [7, 11) is 0. The number of carbonyl (C=O) groups is 2. The van der Waals surface area contributed by atoms with Crippen molar-refractivity contribution in [2.24, 2.45) is 5.92 Å². The van der Waals surface area contributed by atoms with Crippen molar-refractivity contribution in [3.05, 3.63) is 30.1 Å². The van der Waals surface area contributed by atoms with Gasteiger partial charge in [-0.15, -0.1) is 0 Å². The van der Waals surface area contributed by atoms with E-state index in [4.69, 9.17) is 14.2 Å². The minimum Gasteiger partial charge on any atom is -0.389 e. The second kappa shape index (κ2) is 11.2. The Morgan fingerprint density at radius 2 is 1.88 bits per heavy atom. The smallest absolute Gasteiger partial charge is 0.226 e. The Morgan fingerprint density at radius 3 is 2.66 bits per heavy atom. The molecule has 0 aromatic carbocycles. The Bertz CT molecular complexity index is 757. The molecule has 176 valence electrons. The molecule has 2 N–H and O–H groups in total. The van der Waals surface area contributed by atoms with E-state index in [1.54, 1.807) is 12.4 Å². The molecule has 4 rings (SSSR count). The molecule has 0 radical (unpaired) electrons. The van der Waals surface area contributed by atoms with Crippen LogP contribution in [0.2, 0.25) is 0 Å². The Labute approximate surface area is 188 Å². The lowest BCUT2D eigenvalue weighted by molar-refractivity contribution is -0.173. The number of nitrogens with one attached hydrogen (secondary N) is 1. The molecule has 4 heterocycles. The molecule has 0 saturated carbocycles. The molecule has 3 saturated heterocycles. The van der Waals surface area contributed by atoms with Gasteiger partial charge in [-0.3, -0.25) is 14.6 Å². The van der Waals surface area contributed by atoms with Crippen LogP contribution in [0.1, 0.15) is 37.7 Å². The van der Waals surface area contributed by atoms with Crippen molar-refractivity contribution in [3.63, 3.8) is 0 Å². The fraction of sp³-hybridized carbons (Fsp3) is 0.696. The van der Waals surface area contributed by atoms with Crippen LogP contribution in [0.4, 0.5) is 0 Å². The highest BCUT2D eigenvalue weighted by Crippen LogP contribution is 2.30. The lowest BCUT2D eigenvalue weighted by atomic mass is 9.91. The van der Waals surface area contributed by atoms with Crippen LogP contribution >= 0.6 is 0 Å². The molecular formula is C23H33N3O6. The topological polar surface area (TPSA) is 110 Å². The van der Waals surface area contributed by atoms with Gasteiger partial charge in [-0.25, -0.2) is 0 Å². The van der Waals surface area contributed by atoms with Crippen molar-refractivity contribution in [3.8, 4) is 0 Å². The molecular weight excluding hydrogens is 414 g/mol. The molecule has 0 unspecified atom stereocenters. The van der Waals surface area contributed by atoms with Crippen molar-refractivity contribution in [2.75, 3.05) is 33.0 Å². The number of carbonyl (C=O) groups excluding carboxylic acids is 2. The predicted molar refractivity (Wildman–Crippen MR) is 114 cm³/mol. The van der Waals surface area contributed by atoms with E-state index in [1.807, 2.05) is 17.0 Å². The highest BCUT2D eigenvalue weighted by Gasteiger charge is 2.41. The van der Waals surface area contributed by atoms with Gasteiger partial charge in [0.2, 0.25) is 11.8 Å². The summed E-state index contributed by atoms with van der Waals surface area (Å²) in [6.45, 7) is 2.36. The second-order valence-corrected chi connectivity index (χ2v) is 8.85. The molecule has 9 nitrogen and oxygen atoms in total. The summed E-state index contributed by atoms with van der Waals surface area (Å²) >= 11 is 0. The number of β-amino-alcohol motifs (C(OH)–C–C–N with tert-alkyl or cyclic N) is 1. The summed E-state index contributed by atoms with van der Waals surface area (Å²) in [6, 6.07) is 3.58. The Kier molecular flexibility index (Phi) is 8.07. The Balaban J connectivity index is 1.34. The van der Waals surface area contributed by atoms with E-state index in [2.05, 4.69) is 10.3 Å². The van der Waals surface area contributed by atoms with Crippen molar-refractivity contribution < 1.29 is 28.9 Å². The summed E-state index contributed by atoms with van der Waals surface area (Å²) < 4.78 is 17.3. The second-order valence-electron chi connectivity index (χ2n) is 8.85. The Morgan fingerprint density at radius 1 is 1.09 bits per heavy atom. The first kappa shape index (κ1) is 23.1. The van der Waals surface area contributed by atoms with Gasteiger partial charge in [0.1, 0.15) is 6.10 Å². The van der Waals surface area contributed by atoms with E-state index in [1.165, 1.54) is 0 Å². The number of aliphatic hydroxyl groups excluding tert-OH is 1. The van der Waals surface area contributed by atoms with Gasteiger partial charge in [-0.05, 0) is 43.4 Å². The minimum absolute atomic E-state index is 0.0671. The van der Waals surface area contributed by atoms with Crippen LogP contribution < -0.4 is 5.32 Å². The summed E-state index contributed by atoms with van der Waals surface area (Å²) in [4.78, 5) is 31.5. The molecule has 4 atom stereocenters. The number of aliphatic hydroxyl groups is 1. The minimum atomic E-state index is -0.712. The van der Waals surface area contributed by atoms with E-state index in [0.717, 1.165) is 12.0 Å². The number of hydrogen-bond donors (Lipinski definition) is 2. The third-order valence-corrected chi connectivity index (χ3v) is 6.49. The van der Waals surface area contributed by atoms with E-state index >= 15 is 0 Å². The molecule has 1 aromatic rings. The van der Waals surface area contributed by atoms with E-state index < -0.39 is 6.10 Å². The predicted octanol–water partition coefficient (Wildman–Crippen LogP) is 0.650. The van der Waals surface area contributed by atoms with Gasteiger partial charge >= 0.3 is 0 Å². The van der Waals surface area contributed by atoms with Crippen molar-refractivity contribution in [2.45, 2.75) is 63.0 Å². The molecule has 0 spiro atoms. The Hall–Kier alpha value is -2.07. The van der Waals surface area contributed by atoms with Crippen LogP contribution in [0.25, 0.3) is 0 Å². The number of fused-ring (bicyclic) bond motifs is 1. The average Bonchev–Trinajstić information content (AvgIpc) is 2.81. The molecule has 32 heavy (non-hydrogen) atoms. The average molecular weight is 448 g/mol. The number of ether oxygens (including phenoxy) is 3. The van der Waals surface area contributed by atoms with Gasteiger partial charge in [-0.1, -0.05) is 0 Å². The summed E-state index contributed by atoms with van der Waals surface area (Å²) in [5, 5.41) is 13.2. The van der Waals surface area contributed by atoms with Crippen LogP contribution in [0.15, 0.2) is 24.5 Å². The van der Waals surface area contributed by atoms with Gasteiger partial charge in [-0.2, -0.15) is 0 Å². The van der Waals surface area contributed by atoms with Crippen LogP contribution in [-0.4, -0.2) is 84.1 Å². The van der Waals surface area contributed by atoms with Gasteiger partial charge < -0.3 is 29.5 Å². The molecule has 0 aliphatic carbocycles.